The number of hydrogen-bond donors (Lipinski definition) is 2. The van der Waals surface area contributed by atoms with Crippen molar-refractivity contribution in [3.05, 3.63) is 53.7 Å². The Bertz CT molecular complexity index is 584. The summed E-state index contributed by atoms with van der Waals surface area (Å²) in [4.78, 5) is 15.5. The Kier molecular flexibility index (Phi) is 3.18. The van der Waals surface area contributed by atoms with E-state index in [9.17, 15) is 13.6 Å². The average molecular weight is 249 g/mol. The van der Waals surface area contributed by atoms with Crippen molar-refractivity contribution in [3.8, 4) is 0 Å². The molecule has 0 saturated heterocycles. The summed E-state index contributed by atoms with van der Waals surface area (Å²) >= 11 is 0. The molecule has 0 spiro atoms. The van der Waals surface area contributed by atoms with E-state index in [1.54, 1.807) is 0 Å². The molecule has 2 rings (SSSR count). The predicted molar refractivity (Wildman–Crippen MR) is 63.0 cm³/mol. The third kappa shape index (κ3) is 2.60. The number of nitrogens with two attached hydrogens (primary N) is 1. The number of carbonyl (C=O) groups excluding carboxylic acids is 1. The second-order valence-electron chi connectivity index (χ2n) is 3.55. The van der Waals surface area contributed by atoms with Gasteiger partial charge in [-0.15, -0.1) is 0 Å². The number of halogens is 2. The molecule has 1 aromatic carbocycles. The number of nitrogen functional groups attached to an aromatic ring is 1. The van der Waals surface area contributed by atoms with Crippen LogP contribution in [0.3, 0.4) is 0 Å². The van der Waals surface area contributed by atoms with E-state index >= 15 is 0 Å². The lowest BCUT2D eigenvalue weighted by Gasteiger charge is -2.06. The second kappa shape index (κ2) is 4.79. The van der Waals surface area contributed by atoms with Crippen molar-refractivity contribution in [2.24, 2.45) is 0 Å². The summed E-state index contributed by atoms with van der Waals surface area (Å²) < 4.78 is 25.4. The van der Waals surface area contributed by atoms with Gasteiger partial charge < -0.3 is 11.1 Å². The molecule has 0 aliphatic carbocycles. The highest BCUT2D eigenvalue weighted by Gasteiger charge is 2.11. The number of nitrogens with one attached hydrogen (secondary N) is 1. The average Bonchev–Trinajstić information content (AvgIpc) is 2.32. The minimum absolute atomic E-state index is 0.0228. The molecule has 0 bridgehead atoms. The highest BCUT2D eigenvalue weighted by Crippen LogP contribution is 2.15. The number of pyridine rings is 1. The first kappa shape index (κ1) is 12.0. The zero-order chi connectivity index (χ0) is 13.1. The van der Waals surface area contributed by atoms with Crippen molar-refractivity contribution in [1.29, 1.82) is 0 Å². The molecular formula is C12H9F2N3O. The molecule has 4 nitrogen and oxygen atoms in total. The molecule has 0 aliphatic heterocycles. The molecule has 0 saturated carbocycles. The minimum Gasteiger partial charge on any atom is -0.398 e. The summed E-state index contributed by atoms with van der Waals surface area (Å²) in [5.41, 5.74) is 5.67. The van der Waals surface area contributed by atoms with Gasteiger partial charge in [-0.2, -0.15) is 0 Å². The molecule has 1 aromatic heterocycles. The van der Waals surface area contributed by atoms with Crippen LogP contribution in [0.1, 0.15) is 10.4 Å². The highest BCUT2D eigenvalue weighted by molar-refractivity contribution is 6.07. The molecule has 0 radical (unpaired) electrons. The third-order valence-corrected chi connectivity index (χ3v) is 2.23. The summed E-state index contributed by atoms with van der Waals surface area (Å²) in [7, 11) is 0. The lowest BCUT2D eigenvalue weighted by atomic mass is 10.1. The first-order chi connectivity index (χ1) is 8.56. The first-order valence-electron chi connectivity index (χ1n) is 5.04. The van der Waals surface area contributed by atoms with Gasteiger partial charge in [0, 0.05) is 5.69 Å². The molecule has 0 unspecified atom stereocenters. The molecule has 18 heavy (non-hydrogen) atoms. The van der Waals surface area contributed by atoms with Crippen molar-refractivity contribution in [1.82, 2.24) is 4.98 Å². The van der Waals surface area contributed by atoms with Crippen molar-refractivity contribution in [2.75, 3.05) is 11.1 Å². The van der Waals surface area contributed by atoms with E-state index in [4.69, 9.17) is 5.73 Å². The molecule has 1 amide bonds. The zero-order valence-corrected chi connectivity index (χ0v) is 9.15. The summed E-state index contributed by atoms with van der Waals surface area (Å²) in [6.45, 7) is 0. The standard InChI is InChI=1S/C12H9F2N3O/c13-7-1-3-9(10(15)5-7)12(18)17-11-4-2-8(14)6-16-11/h1-6H,15H2,(H,16,17,18). The van der Waals surface area contributed by atoms with Crippen molar-refractivity contribution in [2.45, 2.75) is 0 Å². The normalized spacial score (nSPS) is 10.1. The largest absolute Gasteiger partial charge is 0.398 e. The van der Waals surface area contributed by atoms with E-state index in [1.165, 1.54) is 12.1 Å². The SMILES string of the molecule is Nc1cc(F)ccc1C(=O)Nc1ccc(F)cn1. The molecule has 6 heteroatoms. The second-order valence-corrected chi connectivity index (χ2v) is 3.55. The number of anilines is 2. The van der Waals surface area contributed by atoms with Crippen LogP contribution < -0.4 is 11.1 Å². The number of carbonyl (C=O) groups is 1. The maximum Gasteiger partial charge on any atom is 0.258 e. The Balaban J connectivity index is 2.19. The Labute approximate surface area is 101 Å². The summed E-state index contributed by atoms with van der Waals surface area (Å²) in [5, 5.41) is 2.43. The minimum atomic E-state index is -0.536. The van der Waals surface area contributed by atoms with Crippen LogP contribution in [0.2, 0.25) is 0 Å². The highest BCUT2D eigenvalue weighted by atomic mass is 19.1. The van der Waals surface area contributed by atoms with Gasteiger partial charge in [-0.3, -0.25) is 4.79 Å². The van der Waals surface area contributed by atoms with Crippen LogP contribution in [-0.2, 0) is 0 Å². The van der Waals surface area contributed by atoms with Gasteiger partial charge in [-0.05, 0) is 30.3 Å². The van der Waals surface area contributed by atoms with Crippen LogP contribution in [-0.4, -0.2) is 10.9 Å². The van der Waals surface area contributed by atoms with Crippen LogP contribution in [0.5, 0.6) is 0 Å². The fraction of sp³-hybridized carbons (Fsp3) is 0. The quantitative estimate of drug-likeness (QED) is 0.801. The van der Waals surface area contributed by atoms with Gasteiger partial charge in [0.2, 0.25) is 0 Å². The van der Waals surface area contributed by atoms with E-state index in [0.29, 0.717) is 0 Å². The Morgan fingerprint density at radius 1 is 1.17 bits per heavy atom. The van der Waals surface area contributed by atoms with Crippen LogP contribution in [0.4, 0.5) is 20.3 Å². The van der Waals surface area contributed by atoms with E-state index in [2.05, 4.69) is 10.3 Å². The molecule has 0 atom stereocenters. The first-order valence-corrected chi connectivity index (χ1v) is 5.04. The van der Waals surface area contributed by atoms with Crippen molar-refractivity contribution < 1.29 is 13.6 Å². The Hall–Kier alpha value is -2.50. The van der Waals surface area contributed by atoms with Crippen molar-refractivity contribution in [3.63, 3.8) is 0 Å². The lowest BCUT2D eigenvalue weighted by Crippen LogP contribution is -2.15. The van der Waals surface area contributed by atoms with Gasteiger partial charge >= 0.3 is 0 Å². The number of rotatable bonds is 2. The monoisotopic (exact) mass is 249 g/mol. The molecule has 2 aromatic rings. The van der Waals surface area contributed by atoms with Gasteiger partial charge in [0.15, 0.2) is 0 Å². The van der Waals surface area contributed by atoms with E-state index < -0.39 is 17.5 Å². The van der Waals surface area contributed by atoms with Crippen LogP contribution >= 0.6 is 0 Å². The van der Waals surface area contributed by atoms with Gasteiger partial charge in [0.05, 0.1) is 11.8 Å². The van der Waals surface area contributed by atoms with E-state index in [-0.39, 0.29) is 17.1 Å². The number of aromatic nitrogens is 1. The summed E-state index contributed by atoms with van der Waals surface area (Å²) in [6.07, 6.45) is 0.976. The van der Waals surface area contributed by atoms with E-state index in [1.807, 2.05) is 0 Å². The number of hydrogen-bond acceptors (Lipinski definition) is 3. The lowest BCUT2D eigenvalue weighted by molar-refractivity contribution is 0.102. The maximum atomic E-state index is 12.8. The van der Waals surface area contributed by atoms with Gasteiger partial charge in [0.1, 0.15) is 17.5 Å². The number of amides is 1. The summed E-state index contributed by atoms with van der Waals surface area (Å²) in [5.74, 6) is -1.38. The molecule has 3 N–H and O–H groups in total. The van der Waals surface area contributed by atoms with Crippen LogP contribution in [0.25, 0.3) is 0 Å². The fourth-order valence-corrected chi connectivity index (χ4v) is 1.37. The van der Waals surface area contributed by atoms with Crippen LogP contribution in [0, 0.1) is 11.6 Å². The Morgan fingerprint density at radius 2 is 1.89 bits per heavy atom. The maximum absolute atomic E-state index is 12.8. The smallest absolute Gasteiger partial charge is 0.258 e. The molecular weight excluding hydrogens is 240 g/mol. The van der Waals surface area contributed by atoms with Gasteiger partial charge in [-0.25, -0.2) is 13.8 Å². The predicted octanol–water partition coefficient (Wildman–Crippen LogP) is 2.19. The number of benzene rings is 1. The fourth-order valence-electron chi connectivity index (χ4n) is 1.37. The molecule has 1 heterocycles. The summed E-state index contributed by atoms with van der Waals surface area (Å²) in [6, 6.07) is 5.92. The Morgan fingerprint density at radius 3 is 2.50 bits per heavy atom. The van der Waals surface area contributed by atoms with E-state index in [0.717, 1.165) is 24.4 Å². The number of nitrogens with zero attached hydrogens (tertiary/aromatic N) is 1. The van der Waals surface area contributed by atoms with Crippen LogP contribution in [0.15, 0.2) is 36.5 Å². The third-order valence-electron chi connectivity index (χ3n) is 2.23. The van der Waals surface area contributed by atoms with Gasteiger partial charge in [0.25, 0.3) is 5.91 Å². The zero-order valence-electron chi connectivity index (χ0n) is 9.15. The topological polar surface area (TPSA) is 68.0 Å². The van der Waals surface area contributed by atoms with Crippen molar-refractivity contribution >= 4 is 17.4 Å². The molecule has 0 aliphatic rings. The molecule has 92 valence electrons. The molecule has 0 fully saturated rings. The van der Waals surface area contributed by atoms with Gasteiger partial charge in [-0.1, -0.05) is 0 Å².